The number of unbranched alkanes of at least 4 members (excludes halogenated alkanes) is 3. The molecule has 4 unspecified atom stereocenters. The number of anilines is 1. The highest BCUT2D eigenvalue weighted by Crippen LogP contribution is 2.38. The lowest BCUT2D eigenvalue weighted by Crippen LogP contribution is -2.42. The van der Waals surface area contributed by atoms with Crippen molar-refractivity contribution in [2.75, 3.05) is 97.3 Å². The first kappa shape index (κ1) is 91.4. The Morgan fingerprint density at radius 1 is 0.495 bits per heavy atom. The lowest BCUT2D eigenvalue weighted by molar-refractivity contribution is -0.142. The molecule has 1 aliphatic rings. The average Bonchev–Trinajstić information content (AvgIpc) is 0.804. The van der Waals surface area contributed by atoms with Gasteiger partial charge in [-0.15, -0.1) is 0 Å². The maximum atomic E-state index is 13.5. The molecule has 0 saturated heterocycles. The van der Waals surface area contributed by atoms with Gasteiger partial charge < -0.3 is 85.8 Å². The van der Waals surface area contributed by atoms with E-state index in [1.165, 1.54) is 0 Å². The number of hydrogen-bond donors (Lipinski definition) is 13. The van der Waals surface area contributed by atoms with E-state index >= 15 is 0 Å². The molecule has 1 aliphatic heterocycles. The summed E-state index contributed by atoms with van der Waals surface area (Å²) in [5.74, 6) is -1.20. The molecule has 13 N–H and O–H groups in total. The van der Waals surface area contributed by atoms with Crippen LogP contribution >= 0.6 is 30.3 Å². The number of para-hydroxylation sites is 1. The first-order chi connectivity index (χ1) is 51.4. The quantitative estimate of drug-likeness (QED) is 0.0118. The van der Waals surface area contributed by atoms with Gasteiger partial charge in [0.1, 0.15) is 18.1 Å². The van der Waals surface area contributed by atoms with Crippen LogP contribution in [0.2, 0.25) is 0 Å². The van der Waals surface area contributed by atoms with E-state index in [4.69, 9.17) is 33.3 Å². The van der Waals surface area contributed by atoms with Crippen LogP contribution in [-0.2, 0) is 98.5 Å². The van der Waals surface area contributed by atoms with Crippen LogP contribution in [-0.4, -0.2) is 213 Å². The van der Waals surface area contributed by atoms with Gasteiger partial charge in [0.2, 0.25) is 41.4 Å². The molecule has 0 aliphatic carbocycles. The van der Waals surface area contributed by atoms with Crippen molar-refractivity contribution in [2.24, 2.45) is 0 Å². The van der Waals surface area contributed by atoms with E-state index in [1.807, 2.05) is 77.9 Å². The molecule has 1 heterocycles. The maximum absolute atomic E-state index is 13.5. The fourth-order valence-electron chi connectivity index (χ4n) is 10.7. The number of benzene rings is 3. The van der Waals surface area contributed by atoms with Crippen molar-refractivity contribution < 1.29 is 111 Å². The van der Waals surface area contributed by atoms with E-state index in [0.29, 0.717) is 63.7 Å². The molecule has 4 rings (SSSR count). The van der Waals surface area contributed by atoms with Crippen LogP contribution in [0.15, 0.2) is 72.8 Å². The van der Waals surface area contributed by atoms with Gasteiger partial charge in [0.25, 0.3) is 0 Å². The maximum Gasteiger partial charge on any atom is 0.403 e. The number of amides is 7. The highest BCUT2D eigenvalue weighted by atomic mass is 127. The second-order valence-electron chi connectivity index (χ2n) is 25.3. The molecule has 0 spiro atoms. The number of carbonyl (C=O) groups excluding carboxylic acids is 7. The average molecular weight is 1630 g/mol. The third-order valence-corrected chi connectivity index (χ3v) is 18.4. The number of carbonyl (C=O) groups is 11. The lowest BCUT2D eigenvalue weighted by atomic mass is 10.0. The summed E-state index contributed by atoms with van der Waals surface area (Å²) in [5.41, 5.74) is 4.38. The van der Waals surface area contributed by atoms with Crippen LogP contribution < -0.4 is 47.2 Å². The molecule has 592 valence electrons. The summed E-state index contributed by atoms with van der Waals surface area (Å²) in [7, 11) is -4.62. The zero-order valence-electron chi connectivity index (χ0n) is 60.6. The summed E-state index contributed by atoms with van der Waals surface area (Å²) in [6.45, 7) is 4.17. The smallest absolute Gasteiger partial charge is 0.403 e. The molecule has 7 amide bonds. The third kappa shape index (κ3) is 42.4. The number of carboxylic acid groups (broad SMARTS) is 4. The first-order valence-electron chi connectivity index (χ1n) is 36.1. The number of ether oxygens (including phenoxy) is 5. The Balaban J connectivity index is 1.09. The first-order valence-corrected chi connectivity index (χ1v) is 38.7. The molecule has 0 saturated carbocycles. The minimum absolute atomic E-state index is 0.0152. The number of aliphatic carboxylic acids is 4. The predicted octanol–water partition coefficient (Wildman–Crippen LogP) is 4.82. The van der Waals surface area contributed by atoms with Crippen LogP contribution in [0.25, 0.3) is 0 Å². The fourth-order valence-corrected chi connectivity index (χ4v) is 12.1. The number of rotatable bonds is 60. The third-order valence-electron chi connectivity index (χ3n) is 16.5. The van der Waals surface area contributed by atoms with Gasteiger partial charge in [-0.05, 0) is 148 Å². The van der Waals surface area contributed by atoms with Gasteiger partial charge in [-0.2, -0.15) is 0 Å². The van der Waals surface area contributed by atoms with Crippen LogP contribution in [0.4, 0.5) is 5.69 Å². The fraction of sp³-hybridized carbons (Fsp3) is 0.575. The Bertz CT molecular complexity index is 3400. The van der Waals surface area contributed by atoms with Crippen molar-refractivity contribution in [3.63, 3.8) is 0 Å². The summed E-state index contributed by atoms with van der Waals surface area (Å²) < 4.78 is 46.5. The molecule has 0 bridgehead atoms. The van der Waals surface area contributed by atoms with Crippen molar-refractivity contribution in [2.45, 2.75) is 179 Å². The number of carboxylic acids is 4. The molecule has 6 atom stereocenters. The number of fused-ring (bicyclic) bond motifs is 2. The van der Waals surface area contributed by atoms with Gasteiger partial charge in [-0.1, -0.05) is 60.7 Å². The zero-order valence-corrected chi connectivity index (χ0v) is 63.7. The standard InChI is InChI=1S/C73H105IN9O23P/c1-52(13-12-40-106-107(99,100)82-61(73(97)98)30-35-70(91)92)79-67(88)32-29-60(72(95)96)81-66(87)20-3-2-9-37-76-64(85)31-28-58(50-105-51-78-59(71(93)94)18-8-10-38-75-63(84)21-11-14-53-22-26-57(74)27-23-53)80-68(89)36-41-101-43-45-103-47-48-104-46-44-102-42-39-77-65(86)33-34-69(90)83-49-56-17-5-4-15-54(56)24-25-55-16-6-7-19-62(55)83/h4-7,15-17,19,22-23,26-27,52,58-61,78H,2-3,8-14,18,20-21,28-51H2,1H3,(H,75,84)(H,76,85)(H,77,86)(H,79,88)(H,80,89)(H,81,87)(H,91,92)(H,93,94)(H,95,96)(H,97,98)(H2,82,99,100)/t52-,58?,59?,60+,61?/m1/s1. The van der Waals surface area contributed by atoms with Crippen LogP contribution in [0.5, 0.6) is 0 Å². The second kappa shape index (κ2) is 53.7. The Labute approximate surface area is 637 Å². The predicted molar refractivity (Wildman–Crippen MR) is 400 cm³/mol. The minimum Gasteiger partial charge on any atom is -0.481 e. The molecule has 34 heteroatoms. The van der Waals surface area contributed by atoms with Gasteiger partial charge >= 0.3 is 31.6 Å². The zero-order chi connectivity index (χ0) is 78.0. The van der Waals surface area contributed by atoms with E-state index in [-0.39, 0.29) is 186 Å². The second-order valence-corrected chi connectivity index (χ2v) is 28.1. The summed E-state index contributed by atoms with van der Waals surface area (Å²) in [6.07, 6.45) is 3.52. The molecule has 107 heavy (non-hydrogen) atoms. The van der Waals surface area contributed by atoms with Gasteiger partial charge in [0.15, 0.2) is 0 Å². The van der Waals surface area contributed by atoms with E-state index in [1.54, 1.807) is 11.8 Å². The Kier molecular flexibility index (Phi) is 45.9. The number of hydrogen-bond acceptors (Lipinski definition) is 19. The number of aryl methyl sites for hydroxylation is 1. The highest BCUT2D eigenvalue weighted by molar-refractivity contribution is 14.1. The summed E-state index contributed by atoms with van der Waals surface area (Å²) in [4.78, 5) is 148. The van der Waals surface area contributed by atoms with Crippen LogP contribution in [0.3, 0.4) is 0 Å². The monoisotopic (exact) mass is 1630 g/mol. The van der Waals surface area contributed by atoms with Gasteiger partial charge in [0, 0.05) is 91.7 Å². The van der Waals surface area contributed by atoms with E-state index in [9.17, 15) is 77.5 Å². The normalized spacial score (nSPS) is 13.5. The van der Waals surface area contributed by atoms with Crippen molar-refractivity contribution in [1.82, 2.24) is 42.3 Å². The molecular weight excluding hydrogens is 1530 g/mol. The highest BCUT2D eigenvalue weighted by Gasteiger charge is 2.30. The van der Waals surface area contributed by atoms with E-state index < -0.39 is 86.5 Å². The molecule has 0 radical (unpaired) electrons. The molecule has 0 fully saturated rings. The summed E-state index contributed by atoms with van der Waals surface area (Å²) in [5, 5.41) is 58.9. The summed E-state index contributed by atoms with van der Waals surface area (Å²) >= 11 is 2.24. The van der Waals surface area contributed by atoms with Gasteiger partial charge in [-0.3, -0.25) is 57.8 Å². The van der Waals surface area contributed by atoms with Crippen molar-refractivity contribution in [3.8, 4) is 11.8 Å². The Morgan fingerprint density at radius 3 is 1.74 bits per heavy atom. The molecule has 3 aromatic carbocycles. The number of nitrogens with one attached hydrogen (secondary N) is 8. The SMILES string of the molecule is C[C@H](CCCOP(=O)(O)NC(CCC(=O)O)C(=O)O)NC(=O)CC[C@H](NC(=O)CCCCCNC(=O)CCC(COCNC(CCCCNC(=O)CCCc1ccc(I)cc1)C(=O)O)NC(=O)CCOCCOCCOCCOCCNC(=O)CCC(=O)N1Cc2ccccc2C#Cc2ccccc21)C(=O)O. The molecular formula is C73H105IN9O23P. The largest absolute Gasteiger partial charge is 0.481 e. The van der Waals surface area contributed by atoms with Crippen molar-refractivity contribution in [1.29, 1.82) is 0 Å². The molecule has 3 aromatic rings. The van der Waals surface area contributed by atoms with Crippen LogP contribution in [0, 0.1) is 15.4 Å². The van der Waals surface area contributed by atoms with E-state index in [0.717, 1.165) is 32.2 Å². The molecule has 32 nitrogen and oxygen atoms in total. The minimum atomic E-state index is -4.62. The van der Waals surface area contributed by atoms with Crippen molar-refractivity contribution >= 4 is 101 Å². The van der Waals surface area contributed by atoms with Gasteiger partial charge in [-0.25, -0.2) is 14.4 Å². The van der Waals surface area contributed by atoms with Crippen molar-refractivity contribution in [3.05, 3.63) is 98.6 Å². The van der Waals surface area contributed by atoms with Gasteiger partial charge in [0.05, 0.1) is 91.1 Å². The Hall–Kier alpha value is -8.01. The summed E-state index contributed by atoms with van der Waals surface area (Å²) in [6, 6.07) is 18.2. The molecule has 0 aromatic heterocycles. The topological polar surface area (TPSA) is 461 Å². The number of halogens is 1. The lowest BCUT2D eigenvalue weighted by Gasteiger charge is -2.26. The van der Waals surface area contributed by atoms with Crippen LogP contribution in [0.1, 0.15) is 158 Å². The number of nitrogens with zero attached hydrogens (tertiary/aromatic N) is 1. The van der Waals surface area contributed by atoms with E-state index in [2.05, 4.69) is 71.6 Å². The Morgan fingerprint density at radius 2 is 1.06 bits per heavy atom.